The van der Waals surface area contributed by atoms with Gasteiger partial charge in [0.1, 0.15) is 42.7 Å². The van der Waals surface area contributed by atoms with Crippen molar-refractivity contribution in [3.63, 3.8) is 0 Å². The number of hydrogen-bond acceptors (Lipinski definition) is 15. The molecule has 0 spiro atoms. The number of esters is 2. The SMILES string of the molecule is CC(=O)O[C@@H]1[C@@H](OCC(O)CO[C@H]2O[C@H](COCc3ccccc3)[C@@H](OCc3ccccc3)[C@H](OCc3ccccc3)[C@@H]2OC(C)=O)O[C@H](COCc2ccccc2)[C@@H](OCc2ccccc2)[C@@H]1OCc1ccccc1. The molecule has 0 saturated carbocycles. The Morgan fingerprint density at radius 1 is 0.382 bits per heavy atom. The van der Waals surface area contributed by atoms with Crippen molar-refractivity contribution < 1.29 is 71.5 Å². The Morgan fingerprint density at radius 2 is 0.645 bits per heavy atom. The molecule has 0 aliphatic carbocycles. The van der Waals surface area contributed by atoms with E-state index in [0.717, 1.165) is 33.4 Å². The molecule has 1 N–H and O–H groups in total. The lowest BCUT2D eigenvalue weighted by Crippen LogP contribution is -2.62. The highest BCUT2D eigenvalue weighted by molar-refractivity contribution is 5.66. The highest BCUT2D eigenvalue weighted by Crippen LogP contribution is 2.33. The second kappa shape index (κ2) is 29.9. The number of carbonyl (C=O) groups is 2. The zero-order valence-corrected chi connectivity index (χ0v) is 42.9. The predicted molar refractivity (Wildman–Crippen MR) is 279 cm³/mol. The van der Waals surface area contributed by atoms with Crippen LogP contribution < -0.4 is 0 Å². The molecule has 2 aliphatic rings. The molecule has 0 unspecified atom stereocenters. The minimum Gasteiger partial charge on any atom is -0.454 e. The van der Waals surface area contributed by atoms with Gasteiger partial charge in [-0.15, -0.1) is 0 Å². The van der Waals surface area contributed by atoms with Crippen molar-refractivity contribution in [2.24, 2.45) is 0 Å². The lowest BCUT2D eigenvalue weighted by Gasteiger charge is -2.46. The first-order valence-electron chi connectivity index (χ1n) is 25.7. The fourth-order valence-electron chi connectivity index (χ4n) is 8.97. The van der Waals surface area contributed by atoms with Gasteiger partial charge in [0.25, 0.3) is 0 Å². The first-order valence-corrected chi connectivity index (χ1v) is 25.7. The van der Waals surface area contributed by atoms with Crippen molar-refractivity contribution in [1.82, 2.24) is 0 Å². The molecule has 2 saturated heterocycles. The maximum Gasteiger partial charge on any atom is 0.303 e. The van der Waals surface area contributed by atoms with Crippen LogP contribution in [0, 0.1) is 0 Å². The average Bonchev–Trinajstić information content (AvgIpc) is 3.45. The first-order chi connectivity index (χ1) is 37.3. The quantitative estimate of drug-likeness (QED) is 0.0465. The fourth-order valence-corrected chi connectivity index (χ4v) is 8.97. The second-order valence-electron chi connectivity index (χ2n) is 18.6. The van der Waals surface area contributed by atoms with Crippen LogP contribution in [-0.4, -0.2) is 111 Å². The Kier molecular flexibility index (Phi) is 22.1. The third kappa shape index (κ3) is 17.4. The van der Waals surface area contributed by atoms with Crippen LogP contribution in [0.5, 0.6) is 0 Å². The summed E-state index contributed by atoms with van der Waals surface area (Å²) in [5.74, 6) is -1.22. The van der Waals surface area contributed by atoms with E-state index in [1.165, 1.54) is 13.8 Å². The van der Waals surface area contributed by atoms with Crippen LogP contribution >= 0.6 is 0 Å². The van der Waals surface area contributed by atoms with Crippen LogP contribution in [0.2, 0.25) is 0 Å². The van der Waals surface area contributed by atoms with E-state index in [0.29, 0.717) is 0 Å². The van der Waals surface area contributed by atoms with Crippen molar-refractivity contribution in [2.75, 3.05) is 26.4 Å². The van der Waals surface area contributed by atoms with Gasteiger partial charge in [-0.3, -0.25) is 9.59 Å². The molecule has 6 aromatic rings. The summed E-state index contributed by atoms with van der Waals surface area (Å²) in [6, 6.07) is 58.0. The zero-order chi connectivity index (χ0) is 52.7. The van der Waals surface area contributed by atoms with E-state index in [9.17, 15) is 14.7 Å². The molecule has 15 nitrogen and oxygen atoms in total. The molecule has 0 amide bonds. The molecule has 0 aromatic heterocycles. The highest BCUT2D eigenvalue weighted by Gasteiger charge is 2.52. The number of aliphatic hydroxyl groups excluding tert-OH is 1. The van der Waals surface area contributed by atoms with Crippen molar-refractivity contribution in [2.45, 2.75) is 121 Å². The van der Waals surface area contributed by atoms with Crippen molar-refractivity contribution >= 4 is 11.9 Å². The molecule has 2 aliphatic heterocycles. The van der Waals surface area contributed by atoms with Crippen LogP contribution in [0.3, 0.4) is 0 Å². The van der Waals surface area contributed by atoms with E-state index < -0.39 is 79.5 Å². The maximum absolute atomic E-state index is 12.9. The summed E-state index contributed by atoms with van der Waals surface area (Å²) < 4.78 is 77.2. The minimum atomic E-state index is -1.32. The molecule has 0 bridgehead atoms. The van der Waals surface area contributed by atoms with Gasteiger partial charge in [-0.05, 0) is 33.4 Å². The van der Waals surface area contributed by atoms with Gasteiger partial charge in [0.15, 0.2) is 24.8 Å². The van der Waals surface area contributed by atoms with Crippen molar-refractivity contribution in [3.05, 3.63) is 215 Å². The van der Waals surface area contributed by atoms with E-state index in [1.54, 1.807) is 0 Å². The van der Waals surface area contributed by atoms with E-state index in [-0.39, 0.29) is 66.1 Å². The molecule has 15 heteroatoms. The van der Waals surface area contributed by atoms with E-state index in [4.69, 9.17) is 56.8 Å². The Labute approximate surface area is 444 Å². The van der Waals surface area contributed by atoms with Gasteiger partial charge in [0.2, 0.25) is 0 Å². The topological polar surface area (TPSA) is 165 Å². The van der Waals surface area contributed by atoms with Crippen LogP contribution in [0.25, 0.3) is 0 Å². The van der Waals surface area contributed by atoms with Gasteiger partial charge < -0.3 is 61.9 Å². The monoisotopic (exact) mass is 1040 g/mol. The standard InChI is InChI=1S/C61H68O15/c1-43(62)73-58-56(69-37-49-29-17-7-18-30-49)54(67-35-47-25-13-5-14-26-47)52(41-65-33-45-21-9-3-10-22-45)75-60(58)71-39-51(64)40-72-61-59(74-44(2)63)57(70-38-50-31-19-8-20-32-50)55(68-36-48-27-15-6-16-28-48)53(76-61)42-66-34-46-23-11-4-12-24-46/h3-32,51-61,64H,33-42H2,1-2H3/t52-,53-,54-,55-,56+,57+,58+,59+,60+,61+/m1/s1. The van der Waals surface area contributed by atoms with Gasteiger partial charge in [-0.1, -0.05) is 182 Å². The summed E-state index contributed by atoms with van der Waals surface area (Å²) in [5, 5.41) is 11.7. The van der Waals surface area contributed by atoms with Crippen LogP contribution in [0.4, 0.5) is 0 Å². The molecule has 0 radical (unpaired) electrons. The Bertz CT molecular complexity index is 2380. The van der Waals surface area contributed by atoms with E-state index >= 15 is 0 Å². The van der Waals surface area contributed by atoms with Gasteiger partial charge >= 0.3 is 11.9 Å². The fraction of sp³-hybridized carbons (Fsp3) is 0.377. The number of aliphatic hydroxyl groups is 1. The van der Waals surface area contributed by atoms with E-state index in [1.807, 2.05) is 182 Å². The third-order valence-electron chi connectivity index (χ3n) is 12.6. The number of ether oxygens (including phenoxy) is 12. The molecule has 10 atom stereocenters. The van der Waals surface area contributed by atoms with Gasteiger partial charge in [0.05, 0.1) is 66.1 Å². The van der Waals surface area contributed by atoms with Gasteiger partial charge in [0, 0.05) is 13.8 Å². The molecule has 2 heterocycles. The largest absolute Gasteiger partial charge is 0.454 e. The molecular weight excluding hydrogens is 973 g/mol. The summed E-state index contributed by atoms with van der Waals surface area (Å²) in [4.78, 5) is 25.9. The Morgan fingerprint density at radius 3 is 0.921 bits per heavy atom. The number of rotatable bonds is 28. The second-order valence-corrected chi connectivity index (χ2v) is 18.6. The lowest BCUT2D eigenvalue weighted by molar-refractivity contribution is -0.331. The van der Waals surface area contributed by atoms with Crippen molar-refractivity contribution in [1.29, 1.82) is 0 Å². The third-order valence-corrected chi connectivity index (χ3v) is 12.6. The Balaban J connectivity index is 1.02. The van der Waals surface area contributed by atoms with E-state index in [2.05, 4.69) is 0 Å². The molecule has 8 rings (SSSR count). The summed E-state index contributed by atoms with van der Waals surface area (Å²) in [7, 11) is 0. The molecule has 6 aromatic carbocycles. The highest BCUT2D eigenvalue weighted by atomic mass is 16.7. The summed E-state index contributed by atoms with van der Waals surface area (Å²) in [5.41, 5.74) is 5.49. The summed E-state index contributed by atoms with van der Waals surface area (Å²) >= 11 is 0. The lowest BCUT2D eigenvalue weighted by atomic mass is 9.97. The number of hydrogen-bond donors (Lipinski definition) is 1. The summed E-state index contributed by atoms with van der Waals surface area (Å²) in [6.45, 7) is 3.19. The van der Waals surface area contributed by atoms with Gasteiger partial charge in [-0.25, -0.2) is 0 Å². The van der Waals surface area contributed by atoms with Crippen LogP contribution in [0.1, 0.15) is 47.2 Å². The van der Waals surface area contributed by atoms with Crippen molar-refractivity contribution in [3.8, 4) is 0 Å². The molecule has 402 valence electrons. The molecule has 2 fully saturated rings. The summed E-state index contributed by atoms with van der Waals surface area (Å²) in [6.07, 6.45) is -11.3. The number of carbonyl (C=O) groups excluding carboxylic acids is 2. The maximum atomic E-state index is 12.9. The van der Waals surface area contributed by atoms with Crippen LogP contribution in [-0.2, 0) is 106 Å². The normalized spacial score (nSPS) is 23.5. The molecule has 76 heavy (non-hydrogen) atoms. The predicted octanol–water partition coefficient (Wildman–Crippen LogP) is 8.47. The zero-order valence-electron chi connectivity index (χ0n) is 42.9. The van der Waals surface area contributed by atoms with Gasteiger partial charge in [-0.2, -0.15) is 0 Å². The number of benzene rings is 6. The van der Waals surface area contributed by atoms with Crippen LogP contribution in [0.15, 0.2) is 182 Å². The minimum absolute atomic E-state index is 0.0498. The smallest absolute Gasteiger partial charge is 0.303 e. The molecular formula is C61H68O15. The first kappa shape index (κ1) is 56.0. The average molecular weight is 1040 g/mol. The Hall–Kier alpha value is -6.18.